The highest BCUT2D eigenvalue weighted by Crippen LogP contribution is 2.25. The number of aromatic nitrogens is 2. The molecule has 0 saturated carbocycles. The lowest BCUT2D eigenvalue weighted by Crippen LogP contribution is -2.50. The van der Waals surface area contributed by atoms with Crippen LogP contribution in [0.15, 0.2) is 72.0 Å². The molecule has 1 aliphatic rings. The largest absolute Gasteiger partial charge is 0.367 e. The van der Waals surface area contributed by atoms with Gasteiger partial charge >= 0.3 is 0 Å². The van der Waals surface area contributed by atoms with Crippen molar-refractivity contribution in [2.75, 3.05) is 20.1 Å². The van der Waals surface area contributed by atoms with E-state index in [-0.39, 0.29) is 18.0 Å². The van der Waals surface area contributed by atoms with Crippen LogP contribution in [0.1, 0.15) is 24.2 Å². The van der Waals surface area contributed by atoms with Gasteiger partial charge in [-0.15, -0.1) is 0 Å². The molecule has 0 bridgehead atoms. The summed E-state index contributed by atoms with van der Waals surface area (Å²) in [5.41, 5.74) is 3.15. The van der Waals surface area contributed by atoms with Crippen molar-refractivity contribution in [1.29, 1.82) is 0 Å². The normalized spacial score (nSPS) is 19.7. The maximum Gasteiger partial charge on any atom is 0.194 e. The Labute approximate surface area is 176 Å². The van der Waals surface area contributed by atoms with Gasteiger partial charge < -0.3 is 15.0 Å². The lowest BCUT2D eigenvalue weighted by atomic mass is 10.1. The van der Waals surface area contributed by atoms with Crippen molar-refractivity contribution in [3.05, 3.63) is 83.9 Å². The van der Waals surface area contributed by atoms with E-state index in [4.69, 9.17) is 4.74 Å². The van der Waals surface area contributed by atoms with Gasteiger partial charge in [-0.1, -0.05) is 24.3 Å². The Hall–Kier alpha value is -3.19. The lowest BCUT2D eigenvalue weighted by Gasteiger charge is -2.38. The second kappa shape index (κ2) is 9.09. The van der Waals surface area contributed by atoms with E-state index < -0.39 is 0 Å². The molecule has 1 N–H and O–H groups in total. The molecule has 2 atom stereocenters. The first kappa shape index (κ1) is 20.1. The first-order valence-electron chi connectivity index (χ1n) is 10.1. The SMILES string of the molecule is CN=C(NCc1ccc(-n2cccn2)cc1)N1CC(C)OC(c2ccc(F)cc2)C1. The number of nitrogens with one attached hydrogen (secondary N) is 1. The minimum absolute atomic E-state index is 0.0423. The molecule has 7 heteroatoms. The summed E-state index contributed by atoms with van der Waals surface area (Å²) in [4.78, 5) is 6.66. The van der Waals surface area contributed by atoms with Crippen molar-refractivity contribution >= 4 is 5.96 Å². The van der Waals surface area contributed by atoms with Gasteiger partial charge in [0.2, 0.25) is 0 Å². The third-order valence-corrected chi connectivity index (χ3v) is 5.17. The van der Waals surface area contributed by atoms with E-state index in [9.17, 15) is 4.39 Å². The van der Waals surface area contributed by atoms with E-state index in [1.807, 2.05) is 36.0 Å². The molecule has 0 aliphatic carbocycles. The summed E-state index contributed by atoms with van der Waals surface area (Å²) in [5, 5.41) is 7.70. The lowest BCUT2D eigenvalue weighted by molar-refractivity contribution is -0.0605. The first-order valence-corrected chi connectivity index (χ1v) is 10.1. The summed E-state index contributed by atoms with van der Waals surface area (Å²) in [6.45, 7) is 4.12. The molecule has 2 heterocycles. The van der Waals surface area contributed by atoms with Crippen LogP contribution in [0.4, 0.5) is 4.39 Å². The molecule has 0 amide bonds. The molecule has 1 fully saturated rings. The van der Waals surface area contributed by atoms with Gasteiger partial charge in [-0.05, 0) is 48.4 Å². The highest BCUT2D eigenvalue weighted by molar-refractivity contribution is 5.80. The third kappa shape index (κ3) is 4.68. The number of aliphatic imine (C=N–C) groups is 1. The number of halogens is 1. The predicted molar refractivity (Wildman–Crippen MR) is 115 cm³/mol. The summed E-state index contributed by atoms with van der Waals surface area (Å²) in [6.07, 6.45) is 3.61. The molecule has 0 spiro atoms. The second-order valence-electron chi connectivity index (χ2n) is 7.41. The standard InChI is InChI=1S/C23H26FN5O/c1-17-15-28(16-22(30-17)19-6-8-20(24)9-7-19)23(25-2)26-14-18-4-10-21(11-5-18)29-13-3-12-27-29/h3-13,17,22H,14-16H2,1-2H3,(H,25,26). The van der Waals surface area contributed by atoms with Gasteiger partial charge in [0, 0.05) is 32.5 Å². The number of benzene rings is 2. The maximum absolute atomic E-state index is 13.3. The Balaban J connectivity index is 1.40. The van der Waals surface area contributed by atoms with Crippen LogP contribution < -0.4 is 5.32 Å². The van der Waals surface area contributed by atoms with Crippen LogP contribution in [0.5, 0.6) is 0 Å². The Kier molecular flexibility index (Phi) is 6.09. The van der Waals surface area contributed by atoms with E-state index in [0.717, 1.165) is 29.3 Å². The van der Waals surface area contributed by atoms with Crippen LogP contribution in [0.3, 0.4) is 0 Å². The van der Waals surface area contributed by atoms with Crippen LogP contribution in [0, 0.1) is 5.82 Å². The van der Waals surface area contributed by atoms with E-state index in [1.54, 1.807) is 25.4 Å². The fourth-order valence-corrected chi connectivity index (χ4v) is 3.69. The first-order chi connectivity index (χ1) is 14.6. The van der Waals surface area contributed by atoms with Crippen molar-refractivity contribution in [3.8, 4) is 5.69 Å². The van der Waals surface area contributed by atoms with Gasteiger partial charge in [0.15, 0.2) is 5.96 Å². The number of rotatable bonds is 4. The number of hydrogen-bond acceptors (Lipinski definition) is 3. The predicted octanol–water partition coefficient (Wildman–Crippen LogP) is 3.55. The summed E-state index contributed by atoms with van der Waals surface area (Å²) in [5.74, 6) is 0.587. The number of hydrogen-bond donors (Lipinski definition) is 1. The van der Waals surface area contributed by atoms with Gasteiger partial charge in [0.1, 0.15) is 11.9 Å². The van der Waals surface area contributed by atoms with Crippen molar-refractivity contribution in [1.82, 2.24) is 20.0 Å². The van der Waals surface area contributed by atoms with E-state index in [2.05, 4.69) is 32.4 Å². The highest BCUT2D eigenvalue weighted by Gasteiger charge is 2.28. The second-order valence-corrected chi connectivity index (χ2v) is 7.41. The maximum atomic E-state index is 13.3. The molecule has 1 aromatic heterocycles. The fourth-order valence-electron chi connectivity index (χ4n) is 3.69. The minimum Gasteiger partial charge on any atom is -0.367 e. The van der Waals surface area contributed by atoms with Crippen molar-refractivity contribution in [3.63, 3.8) is 0 Å². The van der Waals surface area contributed by atoms with E-state index in [1.165, 1.54) is 12.1 Å². The molecular weight excluding hydrogens is 381 g/mol. The summed E-state index contributed by atoms with van der Waals surface area (Å²) in [7, 11) is 1.79. The molecule has 3 aromatic rings. The molecule has 6 nitrogen and oxygen atoms in total. The Morgan fingerprint density at radius 2 is 1.93 bits per heavy atom. The summed E-state index contributed by atoms with van der Waals surface area (Å²) >= 11 is 0. The number of guanidine groups is 1. The minimum atomic E-state index is -0.240. The average molecular weight is 407 g/mol. The molecule has 1 saturated heterocycles. The van der Waals surface area contributed by atoms with Crippen LogP contribution in [0.25, 0.3) is 5.69 Å². The van der Waals surface area contributed by atoms with Crippen LogP contribution >= 0.6 is 0 Å². The average Bonchev–Trinajstić information content (AvgIpc) is 3.30. The molecule has 1 aliphatic heterocycles. The van der Waals surface area contributed by atoms with Gasteiger partial charge in [-0.3, -0.25) is 4.99 Å². The summed E-state index contributed by atoms with van der Waals surface area (Å²) in [6, 6.07) is 16.7. The van der Waals surface area contributed by atoms with Crippen molar-refractivity contribution in [2.45, 2.75) is 25.7 Å². The smallest absolute Gasteiger partial charge is 0.194 e. The highest BCUT2D eigenvalue weighted by atomic mass is 19.1. The molecular formula is C23H26FN5O. The molecule has 4 rings (SSSR count). The molecule has 30 heavy (non-hydrogen) atoms. The van der Waals surface area contributed by atoms with Gasteiger partial charge in [0.05, 0.1) is 18.3 Å². The van der Waals surface area contributed by atoms with Gasteiger partial charge in [-0.25, -0.2) is 9.07 Å². The monoisotopic (exact) mass is 407 g/mol. The number of ether oxygens (including phenoxy) is 1. The van der Waals surface area contributed by atoms with E-state index in [0.29, 0.717) is 13.1 Å². The zero-order valence-corrected chi connectivity index (χ0v) is 17.2. The van der Waals surface area contributed by atoms with Crippen LogP contribution in [0.2, 0.25) is 0 Å². The third-order valence-electron chi connectivity index (χ3n) is 5.17. The summed E-state index contributed by atoms with van der Waals surface area (Å²) < 4.78 is 21.2. The van der Waals surface area contributed by atoms with E-state index >= 15 is 0 Å². The van der Waals surface area contributed by atoms with Crippen molar-refractivity contribution in [2.24, 2.45) is 4.99 Å². The zero-order chi connectivity index (χ0) is 20.9. The quantitative estimate of drug-likeness (QED) is 0.531. The van der Waals surface area contributed by atoms with Crippen LogP contribution in [-0.2, 0) is 11.3 Å². The Morgan fingerprint density at radius 3 is 2.60 bits per heavy atom. The molecule has 2 unspecified atom stereocenters. The van der Waals surface area contributed by atoms with Crippen molar-refractivity contribution < 1.29 is 9.13 Å². The zero-order valence-electron chi connectivity index (χ0n) is 17.2. The number of nitrogens with zero attached hydrogens (tertiary/aromatic N) is 4. The topological polar surface area (TPSA) is 54.7 Å². The molecule has 0 radical (unpaired) electrons. The Morgan fingerprint density at radius 1 is 1.17 bits per heavy atom. The van der Waals surface area contributed by atoms with Crippen LogP contribution in [-0.4, -0.2) is 46.9 Å². The number of morpholine rings is 1. The molecule has 2 aromatic carbocycles. The fraction of sp³-hybridized carbons (Fsp3) is 0.304. The van der Waals surface area contributed by atoms with Gasteiger partial charge in [0.25, 0.3) is 0 Å². The molecule has 156 valence electrons. The van der Waals surface area contributed by atoms with Gasteiger partial charge in [-0.2, -0.15) is 5.10 Å². The Bertz CT molecular complexity index is 970.